The Bertz CT molecular complexity index is 476. The van der Waals surface area contributed by atoms with E-state index in [2.05, 4.69) is 11.8 Å². The van der Waals surface area contributed by atoms with E-state index in [1.165, 1.54) is 18.9 Å². The van der Waals surface area contributed by atoms with Crippen LogP contribution in [0, 0.1) is 11.6 Å². The standard InChI is InChI=1S/C16H21F2NO/c1-2-13-6-4-3-5-9-19(13)11-16(20)12-7-8-14(17)15(18)10-12/h7-8,10,13H,2-6,9,11H2,1H3. The summed E-state index contributed by atoms with van der Waals surface area (Å²) in [5, 5.41) is 0. The summed E-state index contributed by atoms with van der Waals surface area (Å²) >= 11 is 0. The molecule has 110 valence electrons. The Morgan fingerprint density at radius 1 is 1.25 bits per heavy atom. The smallest absolute Gasteiger partial charge is 0.176 e. The maximum absolute atomic E-state index is 13.2. The van der Waals surface area contributed by atoms with Crippen LogP contribution in [-0.4, -0.2) is 29.8 Å². The first-order valence-electron chi connectivity index (χ1n) is 7.34. The van der Waals surface area contributed by atoms with Crippen molar-refractivity contribution in [3.05, 3.63) is 35.4 Å². The lowest BCUT2D eigenvalue weighted by atomic mass is 10.1. The highest BCUT2D eigenvalue weighted by molar-refractivity contribution is 5.97. The summed E-state index contributed by atoms with van der Waals surface area (Å²) in [6, 6.07) is 3.80. The molecule has 1 aliphatic heterocycles. The molecule has 2 nitrogen and oxygen atoms in total. The predicted octanol–water partition coefficient (Wildman–Crippen LogP) is 3.80. The van der Waals surface area contributed by atoms with Crippen LogP contribution in [0.2, 0.25) is 0 Å². The van der Waals surface area contributed by atoms with E-state index >= 15 is 0 Å². The van der Waals surface area contributed by atoms with E-state index in [0.29, 0.717) is 12.6 Å². The van der Waals surface area contributed by atoms with E-state index in [1.807, 2.05) is 0 Å². The van der Waals surface area contributed by atoms with Crippen LogP contribution in [0.4, 0.5) is 8.78 Å². The average molecular weight is 281 g/mol. The van der Waals surface area contributed by atoms with E-state index in [4.69, 9.17) is 0 Å². The number of benzene rings is 1. The lowest BCUT2D eigenvalue weighted by molar-refractivity contribution is 0.0890. The van der Waals surface area contributed by atoms with Crippen LogP contribution >= 0.6 is 0 Å². The monoisotopic (exact) mass is 281 g/mol. The molecule has 4 heteroatoms. The minimum absolute atomic E-state index is 0.135. The second kappa shape index (κ2) is 6.93. The van der Waals surface area contributed by atoms with Crippen molar-refractivity contribution in [3.8, 4) is 0 Å². The lowest BCUT2D eigenvalue weighted by Crippen LogP contribution is -2.38. The third-order valence-electron chi connectivity index (χ3n) is 4.06. The van der Waals surface area contributed by atoms with Crippen LogP contribution in [0.1, 0.15) is 49.4 Å². The molecule has 0 spiro atoms. The minimum atomic E-state index is -0.959. The first-order chi connectivity index (χ1) is 9.61. The Morgan fingerprint density at radius 2 is 2.05 bits per heavy atom. The van der Waals surface area contributed by atoms with Gasteiger partial charge in [-0.25, -0.2) is 8.78 Å². The molecule has 20 heavy (non-hydrogen) atoms. The Labute approximate surface area is 118 Å². The molecule has 2 rings (SSSR count). The molecule has 1 aliphatic rings. The molecule has 0 radical (unpaired) electrons. The number of carbonyl (C=O) groups excluding carboxylic acids is 1. The largest absolute Gasteiger partial charge is 0.293 e. The first-order valence-corrected chi connectivity index (χ1v) is 7.34. The van der Waals surface area contributed by atoms with Gasteiger partial charge in [0, 0.05) is 11.6 Å². The Kier molecular flexibility index (Phi) is 5.24. The second-order valence-corrected chi connectivity index (χ2v) is 5.43. The first kappa shape index (κ1) is 15.1. The molecular formula is C16H21F2NO. The number of rotatable bonds is 4. The van der Waals surface area contributed by atoms with Gasteiger partial charge in [-0.2, -0.15) is 0 Å². The normalized spacial score (nSPS) is 20.6. The molecule has 0 N–H and O–H groups in total. The van der Waals surface area contributed by atoms with Crippen molar-refractivity contribution in [2.75, 3.05) is 13.1 Å². The zero-order chi connectivity index (χ0) is 14.5. The molecule has 0 saturated carbocycles. The molecule has 0 bridgehead atoms. The van der Waals surface area contributed by atoms with Gasteiger partial charge in [-0.3, -0.25) is 9.69 Å². The van der Waals surface area contributed by atoms with E-state index in [0.717, 1.165) is 37.9 Å². The molecule has 0 amide bonds. The number of hydrogen-bond acceptors (Lipinski definition) is 2. The maximum atomic E-state index is 13.2. The fraction of sp³-hybridized carbons (Fsp3) is 0.562. The van der Waals surface area contributed by atoms with Crippen molar-refractivity contribution in [1.29, 1.82) is 0 Å². The summed E-state index contributed by atoms with van der Waals surface area (Å²) in [5.41, 5.74) is 0.253. The highest BCUT2D eigenvalue weighted by Gasteiger charge is 2.22. The number of halogens is 2. The van der Waals surface area contributed by atoms with Gasteiger partial charge in [-0.05, 0) is 44.0 Å². The molecule has 0 aliphatic carbocycles. The third kappa shape index (κ3) is 3.63. The van der Waals surface area contributed by atoms with Gasteiger partial charge in [0.1, 0.15) is 0 Å². The molecule has 1 unspecified atom stereocenters. The summed E-state index contributed by atoms with van der Waals surface area (Å²) in [6.07, 6.45) is 5.63. The van der Waals surface area contributed by atoms with Gasteiger partial charge in [0.05, 0.1) is 6.54 Å². The van der Waals surface area contributed by atoms with Crippen molar-refractivity contribution in [3.63, 3.8) is 0 Å². The van der Waals surface area contributed by atoms with Gasteiger partial charge in [0.25, 0.3) is 0 Å². The quantitative estimate of drug-likeness (QED) is 0.782. The summed E-state index contributed by atoms with van der Waals surface area (Å²) in [5.74, 6) is -2.01. The van der Waals surface area contributed by atoms with Crippen molar-refractivity contribution >= 4 is 5.78 Å². The summed E-state index contributed by atoms with van der Waals surface area (Å²) in [6.45, 7) is 3.34. The van der Waals surface area contributed by atoms with Crippen LogP contribution in [0.15, 0.2) is 18.2 Å². The van der Waals surface area contributed by atoms with Gasteiger partial charge in [0.2, 0.25) is 0 Å². The number of hydrogen-bond donors (Lipinski definition) is 0. The highest BCUT2D eigenvalue weighted by Crippen LogP contribution is 2.20. The summed E-state index contributed by atoms with van der Waals surface area (Å²) in [7, 11) is 0. The van der Waals surface area contributed by atoms with Crippen molar-refractivity contribution in [2.45, 2.75) is 45.1 Å². The zero-order valence-electron chi connectivity index (χ0n) is 11.9. The molecule has 1 fully saturated rings. The lowest BCUT2D eigenvalue weighted by Gasteiger charge is -2.28. The molecule has 0 aromatic heterocycles. The maximum Gasteiger partial charge on any atom is 0.176 e. The molecular weight excluding hydrogens is 260 g/mol. The third-order valence-corrected chi connectivity index (χ3v) is 4.06. The van der Waals surface area contributed by atoms with E-state index in [-0.39, 0.29) is 11.3 Å². The number of likely N-dealkylation sites (tertiary alicyclic amines) is 1. The van der Waals surface area contributed by atoms with E-state index in [1.54, 1.807) is 0 Å². The van der Waals surface area contributed by atoms with Crippen molar-refractivity contribution in [2.24, 2.45) is 0 Å². The number of carbonyl (C=O) groups is 1. The minimum Gasteiger partial charge on any atom is -0.293 e. The number of ketones is 1. The summed E-state index contributed by atoms with van der Waals surface area (Å²) in [4.78, 5) is 14.4. The van der Waals surface area contributed by atoms with Crippen LogP contribution in [-0.2, 0) is 0 Å². The summed E-state index contributed by atoms with van der Waals surface area (Å²) < 4.78 is 26.1. The second-order valence-electron chi connectivity index (χ2n) is 5.43. The molecule has 1 aromatic rings. The molecule has 1 atom stereocenters. The number of nitrogens with zero attached hydrogens (tertiary/aromatic N) is 1. The van der Waals surface area contributed by atoms with Crippen LogP contribution in [0.3, 0.4) is 0 Å². The van der Waals surface area contributed by atoms with E-state index in [9.17, 15) is 13.6 Å². The van der Waals surface area contributed by atoms with Gasteiger partial charge in [-0.15, -0.1) is 0 Å². The fourth-order valence-electron chi connectivity index (χ4n) is 2.85. The zero-order valence-corrected chi connectivity index (χ0v) is 11.9. The van der Waals surface area contributed by atoms with Crippen LogP contribution in [0.25, 0.3) is 0 Å². The van der Waals surface area contributed by atoms with Crippen LogP contribution < -0.4 is 0 Å². The Balaban J connectivity index is 2.06. The molecule has 1 saturated heterocycles. The van der Waals surface area contributed by atoms with Crippen LogP contribution in [0.5, 0.6) is 0 Å². The number of Topliss-reactive ketones (excluding diaryl/α,β-unsaturated/α-hetero) is 1. The molecule has 1 heterocycles. The van der Waals surface area contributed by atoms with Gasteiger partial charge >= 0.3 is 0 Å². The highest BCUT2D eigenvalue weighted by atomic mass is 19.2. The molecule has 1 aromatic carbocycles. The fourth-order valence-corrected chi connectivity index (χ4v) is 2.85. The van der Waals surface area contributed by atoms with Gasteiger partial charge in [0.15, 0.2) is 17.4 Å². The average Bonchev–Trinajstić information content (AvgIpc) is 2.66. The van der Waals surface area contributed by atoms with E-state index < -0.39 is 11.6 Å². The Morgan fingerprint density at radius 3 is 2.75 bits per heavy atom. The van der Waals surface area contributed by atoms with Crippen molar-refractivity contribution < 1.29 is 13.6 Å². The van der Waals surface area contributed by atoms with Crippen molar-refractivity contribution in [1.82, 2.24) is 4.90 Å². The van der Waals surface area contributed by atoms with Gasteiger partial charge in [-0.1, -0.05) is 19.8 Å². The Hall–Kier alpha value is -1.29. The SMILES string of the molecule is CCC1CCCCCN1CC(=O)c1ccc(F)c(F)c1. The van der Waals surface area contributed by atoms with Gasteiger partial charge < -0.3 is 0 Å². The topological polar surface area (TPSA) is 20.3 Å². The predicted molar refractivity (Wildman–Crippen MR) is 74.8 cm³/mol.